The van der Waals surface area contributed by atoms with Crippen molar-refractivity contribution in [2.24, 2.45) is 5.73 Å². The Balaban J connectivity index is 3.07. The van der Waals surface area contributed by atoms with E-state index in [0.29, 0.717) is 6.42 Å². The largest absolute Gasteiger partial charge is 0.370 e. The molecule has 0 spiro atoms. The molecule has 21 heavy (non-hydrogen) atoms. The zero-order valence-electron chi connectivity index (χ0n) is 14.2. The van der Waals surface area contributed by atoms with Crippen LogP contribution in [0.4, 0.5) is 0 Å². The van der Waals surface area contributed by atoms with Crippen LogP contribution in [0.3, 0.4) is 0 Å². The maximum Gasteiger partial charge on any atom is 0.217 e. The molecule has 0 radical (unpaired) electrons. The maximum absolute atomic E-state index is 10.6. The molecule has 124 valence electrons. The van der Waals surface area contributed by atoms with Crippen LogP contribution in [-0.2, 0) is 4.79 Å². The lowest BCUT2D eigenvalue weighted by Gasteiger charge is -2.00. The first kappa shape index (κ1) is 20.2. The van der Waals surface area contributed by atoms with Gasteiger partial charge in [0.05, 0.1) is 0 Å². The molecule has 0 saturated carbocycles. The summed E-state index contributed by atoms with van der Waals surface area (Å²) >= 11 is 0. The lowest BCUT2D eigenvalue weighted by Crippen LogP contribution is -2.09. The molecule has 2 nitrogen and oxygen atoms in total. The van der Waals surface area contributed by atoms with E-state index in [0.717, 1.165) is 12.8 Å². The van der Waals surface area contributed by atoms with Gasteiger partial charge in [0, 0.05) is 6.42 Å². The highest BCUT2D eigenvalue weighted by molar-refractivity contribution is 5.73. The van der Waals surface area contributed by atoms with E-state index in [4.69, 9.17) is 5.73 Å². The van der Waals surface area contributed by atoms with Gasteiger partial charge in [-0.05, 0) is 32.1 Å². The molecular formula is C19H37NO. The summed E-state index contributed by atoms with van der Waals surface area (Å²) in [6.07, 6.45) is 23.4. The number of hydrogen-bond acceptors (Lipinski definition) is 1. The van der Waals surface area contributed by atoms with Crippen molar-refractivity contribution in [1.82, 2.24) is 0 Å². The first-order valence-corrected chi connectivity index (χ1v) is 9.20. The Morgan fingerprint density at radius 3 is 1.62 bits per heavy atom. The highest BCUT2D eigenvalue weighted by Gasteiger charge is 1.94. The fourth-order valence-electron chi connectivity index (χ4n) is 2.55. The van der Waals surface area contributed by atoms with Crippen molar-refractivity contribution < 1.29 is 4.79 Å². The summed E-state index contributed by atoms with van der Waals surface area (Å²) in [5.41, 5.74) is 5.11. The summed E-state index contributed by atoms with van der Waals surface area (Å²) in [5.74, 6) is -0.162. The molecule has 0 rings (SSSR count). The number of nitrogens with two attached hydrogens (primary N) is 1. The van der Waals surface area contributed by atoms with Gasteiger partial charge in [0.2, 0.25) is 5.91 Å². The zero-order valence-corrected chi connectivity index (χ0v) is 14.2. The smallest absolute Gasteiger partial charge is 0.217 e. The van der Waals surface area contributed by atoms with E-state index in [1.165, 1.54) is 77.0 Å². The number of amides is 1. The first-order chi connectivity index (χ1) is 10.3. The molecule has 0 atom stereocenters. The van der Waals surface area contributed by atoms with Gasteiger partial charge in [-0.3, -0.25) is 4.79 Å². The number of hydrogen-bond donors (Lipinski definition) is 1. The van der Waals surface area contributed by atoms with Gasteiger partial charge in [0.25, 0.3) is 0 Å². The summed E-state index contributed by atoms with van der Waals surface area (Å²) in [6, 6.07) is 0. The normalized spacial score (nSPS) is 11.3. The van der Waals surface area contributed by atoms with E-state index in [1.807, 2.05) is 0 Å². The van der Waals surface area contributed by atoms with Gasteiger partial charge in [0.1, 0.15) is 0 Å². The van der Waals surface area contributed by atoms with Gasteiger partial charge in [-0.1, -0.05) is 76.9 Å². The third kappa shape index (κ3) is 19.2. The monoisotopic (exact) mass is 295 g/mol. The SMILES string of the molecule is CCCCCCCCC=CCCCCCCCCC(N)=O. The molecule has 0 aromatic heterocycles. The Hall–Kier alpha value is -0.790. The fourth-order valence-corrected chi connectivity index (χ4v) is 2.55. The Labute approximate surface area is 132 Å². The van der Waals surface area contributed by atoms with Gasteiger partial charge in [-0.25, -0.2) is 0 Å². The molecule has 2 heteroatoms. The van der Waals surface area contributed by atoms with Crippen LogP contribution in [0.15, 0.2) is 12.2 Å². The molecule has 0 fully saturated rings. The van der Waals surface area contributed by atoms with Crippen molar-refractivity contribution >= 4 is 5.91 Å². The van der Waals surface area contributed by atoms with Gasteiger partial charge in [-0.15, -0.1) is 0 Å². The Morgan fingerprint density at radius 2 is 1.14 bits per heavy atom. The second kappa shape index (κ2) is 17.3. The van der Waals surface area contributed by atoms with E-state index in [9.17, 15) is 4.79 Å². The molecule has 1 amide bonds. The predicted octanol–water partition coefficient (Wildman–Crippen LogP) is 5.90. The van der Waals surface area contributed by atoms with Crippen LogP contribution in [-0.4, -0.2) is 5.91 Å². The molecule has 0 heterocycles. The van der Waals surface area contributed by atoms with Crippen LogP contribution < -0.4 is 5.73 Å². The lowest BCUT2D eigenvalue weighted by molar-refractivity contribution is -0.118. The second-order valence-corrected chi connectivity index (χ2v) is 6.15. The molecule has 0 saturated heterocycles. The van der Waals surface area contributed by atoms with Crippen LogP contribution in [0.2, 0.25) is 0 Å². The summed E-state index contributed by atoms with van der Waals surface area (Å²) in [7, 11) is 0. The topological polar surface area (TPSA) is 43.1 Å². The van der Waals surface area contributed by atoms with Crippen molar-refractivity contribution in [3.63, 3.8) is 0 Å². The van der Waals surface area contributed by atoms with Gasteiger partial charge in [-0.2, -0.15) is 0 Å². The average molecular weight is 296 g/mol. The Bertz CT molecular complexity index is 248. The van der Waals surface area contributed by atoms with Crippen molar-refractivity contribution in [3.8, 4) is 0 Å². The molecule has 0 aliphatic heterocycles. The summed E-state index contributed by atoms with van der Waals surface area (Å²) in [6.45, 7) is 2.27. The summed E-state index contributed by atoms with van der Waals surface area (Å²) in [5, 5.41) is 0. The van der Waals surface area contributed by atoms with E-state index in [1.54, 1.807) is 0 Å². The van der Waals surface area contributed by atoms with Crippen LogP contribution >= 0.6 is 0 Å². The van der Waals surface area contributed by atoms with Crippen LogP contribution in [0.25, 0.3) is 0 Å². The van der Waals surface area contributed by atoms with Gasteiger partial charge in [0.15, 0.2) is 0 Å². The van der Waals surface area contributed by atoms with E-state index >= 15 is 0 Å². The number of carbonyl (C=O) groups excluding carboxylic acids is 1. The van der Waals surface area contributed by atoms with E-state index < -0.39 is 0 Å². The Morgan fingerprint density at radius 1 is 0.714 bits per heavy atom. The molecular weight excluding hydrogens is 258 g/mol. The highest BCUT2D eigenvalue weighted by Crippen LogP contribution is 2.10. The first-order valence-electron chi connectivity index (χ1n) is 9.20. The summed E-state index contributed by atoms with van der Waals surface area (Å²) in [4.78, 5) is 10.6. The molecule has 0 bridgehead atoms. The van der Waals surface area contributed by atoms with Crippen LogP contribution in [0.1, 0.15) is 103 Å². The average Bonchev–Trinajstić information content (AvgIpc) is 2.46. The minimum Gasteiger partial charge on any atom is -0.370 e. The van der Waals surface area contributed by atoms with E-state index in [-0.39, 0.29) is 5.91 Å². The van der Waals surface area contributed by atoms with Crippen molar-refractivity contribution in [2.45, 2.75) is 103 Å². The molecule has 0 aliphatic rings. The molecule has 0 unspecified atom stereocenters. The quantitative estimate of drug-likeness (QED) is 0.279. The number of allylic oxidation sites excluding steroid dienone is 2. The molecule has 0 aromatic carbocycles. The number of unbranched alkanes of at least 4 members (excludes halogenated alkanes) is 12. The highest BCUT2D eigenvalue weighted by atomic mass is 16.1. The van der Waals surface area contributed by atoms with E-state index in [2.05, 4.69) is 19.1 Å². The number of rotatable bonds is 16. The van der Waals surface area contributed by atoms with Gasteiger partial charge >= 0.3 is 0 Å². The molecule has 0 aromatic rings. The standard InChI is InChI=1S/C19H37NO/c1-2-3-4-5-6-7-8-9-10-11-12-13-14-15-16-17-18-19(20)21/h9-10H,2-8,11-18H2,1H3,(H2,20,21). The van der Waals surface area contributed by atoms with Crippen LogP contribution in [0, 0.1) is 0 Å². The summed E-state index contributed by atoms with van der Waals surface area (Å²) < 4.78 is 0. The number of carbonyl (C=O) groups is 1. The van der Waals surface area contributed by atoms with Crippen LogP contribution in [0.5, 0.6) is 0 Å². The maximum atomic E-state index is 10.6. The molecule has 2 N–H and O–H groups in total. The minimum absolute atomic E-state index is 0.162. The third-order valence-electron chi connectivity index (χ3n) is 3.93. The van der Waals surface area contributed by atoms with Crippen molar-refractivity contribution in [2.75, 3.05) is 0 Å². The minimum atomic E-state index is -0.162. The van der Waals surface area contributed by atoms with Crippen molar-refractivity contribution in [3.05, 3.63) is 12.2 Å². The Kier molecular flexibility index (Phi) is 16.6. The number of primary amides is 1. The molecule has 0 aliphatic carbocycles. The third-order valence-corrected chi connectivity index (χ3v) is 3.93. The van der Waals surface area contributed by atoms with Crippen molar-refractivity contribution in [1.29, 1.82) is 0 Å². The fraction of sp³-hybridized carbons (Fsp3) is 0.842. The van der Waals surface area contributed by atoms with Gasteiger partial charge < -0.3 is 5.73 Å². The predicted molar refractivity (Wildman–Crippen MR) is 93.3 cm³/mol. The lowest BCUT2D eigenvalue weighted by atomic mass is 10.1. The second-order valence-electron chi connectivity index (χ2n) is 6.15. The zero-order chi connectivity index (χ0) is 15.6.